The molecule has 1 aliphatic carbocycles. The molecule has 8 heteroatoms. The fourth-order valence-electron chi connectivity index (χ4n) is 6.30. The van der Waals surface area contributed by atoms with Crippen LogP contribution in [0.15, 0.2) is 24.3 Å². The van der Waals surface area contributed by atoms with Gasteiger partial charge in [0.15, 0.2) is 0 Å². The lowest BCUT2D eigenvalue weighted by molar-refractivity contribution is -0.157. The lowest BCUT2D eigenvalue weighted by atomic mass is 9.53. The Morgan fingerprint density at radius 1 is 1.11 bits per heavy atom. The Kier molecular flexibility index (Phi) is 7.33. The smallest absolute Gasteiger partial charge is 0.309 e. The fraction of sp³-hybridized carbons (Fsp3) is 0.500. The van der Waals surface area contributed by atoms with Crippen LogP contribution in [0, 0.1) is 11.3 Å². The summed E-state index contributed by atoms with van der Waals surface area (Å²) in [5, 5.41) is 11.3. The van der Waals surface area contributed by atoms with E-state index < -0.39 is 22.7 Å². The van der Waals surface area contributed by atoms with Crippen molar-refractivity contribution in [3.63, 3.8) is 0 Å². The second-order valence-electron chi connectivity index (χ2n) is 10.8. The normalized spacial score (nSPS) is 25.9. The van der Waals surface area contributed by atoms with Gasteiger partial charge in [-0.25, -0.2) is 0 Å². The predicted octanol–water partition coefficient (Wildman–Crippen LogP) is 7.58. The number of methoxy groups -OCH3 is 1. The molecule has 1 N–H and O–H groups in total. The molecule has 1 unspecified atom stereocenters. The quantitative estimate of drug-likeness (QED) is 0.388. The SMILES string of the molecule is COc1ccc(CN2CC3[C@](C)(C(=O)O)CCC[C@]3(C)c3c(Cl)c(Cl)c(C(C)C)c(Cl)c3C2=O)cc1. The Morgan fingerprint density at radius 3 is 2.31 bits per heavy atom. The molecule has 36 heavy (non-hydrogen) atoms. The molecule has 0 saturated heterocycles. The van der Waals surface area contributed by atoms with Gasteiger partial charge in [0.1, 0.15) is 5.75 Å². The standard InChI is InChI=1S/C28H32Cl3NO4/c1-15(2)19-22(29)20-21(24(31)23(19)30)27(3)11-6-12-28(4,26(34)35)18(27)14-32(25(20)33)13-16-7-9-17(36-5)10-8-16/h7-10,15,18H,6,11-14H2,1-5H3,(H,34,35)/t18?,27-,28+/m0/s1. The number of aliphatic carboxylic acids is 1. The summed E-state index contributed by atoms with van der Waals surface area (Å²) < 4.78 is 5.27. The molecule has 2 aromatic carbocycles. The van der Waals surface area contributed by atoms with Gasteiger partial charge < -0.3 is 14.7 Å². The van der Waals surface area contributed by atoms with E-state index in [9.17, 15) is 14.7 Å². The first-order valence-corrected chi connectivity index (χ1v) is 13.4. The Hall–Kier alpha value is -1.95. The highest BCUT2D eigenvalue weighted by atomic mass is 35.5. The van der Waals surface area contributed by atoms with Crippen molar-refractivity contribution in [2.75, 3.05) is 13.7 Å². The first-order chi connectivity index (χ1) is 16.9. The third-order valence-electron chi connectivity index (χ3n) is 8.36. The fourth-order valence-corrected chi connectivity index (χ4v) is 7.66. The summed E-state index contributed by atoms with van der Waals surface area (Å²) in [5.41, 5.74) is 0.726. The van der Waals surface area contributed by atoms with Crippen molar-refractivity contribution in [1.29, 1.82) is 0 Å². The molecule has 1 fully saturated rings. The van der Waals surface area contributed by atoms with Crippen molar-refractivity contribution in [2.24, 2.45) is 11.3 Å². The summed E-state index contributed by atoms with van der Waals surface area (Å²) in [6, 6.07) is 7.51. The van der Waals surface area contributed by atoms with E-state index in [1.807, 2.05) is 45.0 Å². The summed E-state index contributed by atoms with van der Waals surface area (Å²) in [4.78, 5) is 28.7. The molecule has 1 saturated carbocycles. The third kappa shape index (κ3) is 4.17. The van der Waals surface area contributed by atoms with Crippen molar-refractivity contribution >= 4 is 46.7 Å². The number of carboxylic acids is 1. The van der Waals surface area contributed by atoms with Crippen LogP contribution in [0.1, 0.15) is 79.9 Å². The van der Waals surface area contributed by atoms with Crippen LogP contribution in [0.25, 0.3) is 0 Å². The van der Waals surface area contributed by atoms with E-state index in [1.54, 1.807) is 18.9 Å². The van der Waals surface area contributed by atoms with Crippen LogP contribution < -0.4 is 4.74 Å². The van der Waals surface area contributed by atoms with Gasteiger partial charge >= 0.3 is 5.97 Å². The highest BCUT2D eigenvalue weighted by Gasteiger charge is 2.58. The van der Waals surface area contributed by atoms with Gasteiger partial charge in [-0.05, 0) is 54.5 Å². The molecule has 194 valence electrons. The number of fused-ring (bicyclic) bond motifs is 3. The molecule has 1 heterocycles. The molecule has 5 nitrogen and oxygen atoms in total. The van der Waals surface area contributed by atoms with Gasteiger partial charge in [-0.2, -0.15) is 0 Å². The lowest BCUT2D eigenvalue weighted by Gasteiger charge is -2.50. The number of halogens is 3. The average Bonchev–Trinajstić information content (AvgIpc) is 2.91. The number of rotatable bonds is 5. The van der Waals surface area contributed by atoms with Crippen LogP contribution >= 0.6 is 34.8 Å². The van der Waals surface area contributed by atoms with Gasteiger partial charge in [-0.15, -0.1) is 0 Å². The van der Waals surface area contributed by atoms with E-state index in [0.717, 1.165) is 11.3 Å². The largest absolute Gasteiger partial charge is 0.497 e. The zero-order valence-corrected chi connectivity index (χ0v) is 23.5. The molecule has 2 aliphatic rings. The van der Waals surface area contributed by atoms with Crippen LogP contribution in [0.5, 0.6) is 5.75 Å². The zero-order chi connectivity index (χ0) is 26.6. The van der Waals surface area contributed by atoms with E-state index in [1.165, 1.54) is 0 Å². The van der Waals surface area contributed by atoms with Crippen molar-refractivity contribution in [2.45, 2.75) is 64.8 Å². The second-order valence-corrected chi connectivity index (χ2v) is 12.0. The predicted molar refractivity (Wildman–Crippen MR) is 144 cm³/mol. The van der Waals surface area contributed by atoms with E-state index in [2.05, 4.69) is 0 Å². The number of amides is 1. The number of hydrogen-bond acceptors (Lipinski definition) is 3. The number of nitrogens with zero attached hydrogens (tertiary/aromatic N) is 1. The summed E-state index contributed by atoms with van der Waals surface area (Å²) in [6.45, 7) is 8.29. The minimum absolute atomic E-state index is 0.0573. The maximum absolute atomic E-state index is 14.3. The number of ether oxygens (including phenoxy) is 1. The maximum atomic E-state index is 14.3. The van der Waals surface area contributed by atoms with Crippen LogP contribution in [0.2, 0.25) is 15.1 Å². The third-order valence-corrected chi connectivity index (χ3v) is 9.62. The van der Waals surface area contributed by atoms with E-state index in [-0.39, 0.29) is 18.4 Å². The topological polar surface area (TPSA) is 66.8 Å². The highest BCUT2D eigenvalue weighted by Crippen LogP contribution is 2.58. The number of hydrogen-bond donors (Lipinski definition) is 1. The van der Waals surface area contributed by atoms with Gasteiger partial charge in [-0.3, -0.25) is 9.59 Å². The van der Waals surface area contributed by atoms with E-state index in [0.29, 0.717) is 57.6 Å². The molecule has 0 bridgehead atoms. The molecule has 0 radical (unpaired) electrons. The monoisotopic (exact) mass is 551 g/mol. The van der Waals surface area contributed by atoms with Crippen molar-refractivity contribution in [1.82, 2.24) is 4.90 Å². The van der Waals surface area contributed by atoms with Crippen LogP contribution in [0.4, 0.5) is 0 Å². The van der Waals surface area contributed by atoms with Crippen LogP contribution in [-0.4, -0.2) is 35.5 Å². The number of carboxylic acid groups (broad SMARTS) is 1. The van der Waals surface area contributed by atoms with Crippen molar-refractivity contribution < 1.29 is 19.4 Å². The zero-order valence-electron chi connectivity index (χ0n) is 21.3. The van der Waals surface area contributed by atoms with Gasteiger partial charge in [0, 0.05) is 24.4 Å². The summed E-state index contributed by atoms with van der Waals surface area (Å²) >= 11 is 20.7. The van der Waals surface area contributed by atoms with Gasteiger partial charge in [0.25, 0.3) is 5.91 Å². The summed E-state index contributed by atoms with van der Waals surface area (Å²) in [7, 11) is 1.60. The maximum Gasteiger partial charge on any atom is 0.309 e. The Balaban J connectivity index is 1.98. The number of benzene rings is 2. The molecular formula is C28H32Cl3NO4. The first kappa shape index (κ1) is 27.1. The lowest BCUT2D eigenvalue weighted by Crippen LogP contribution is -2.53. The molecule has 0 aromatic heterocycles. The van der Waals surface area contributed by atoms with Crippen molar-refractivity contribution in [3.8, 4) is 5.75 Å². The summed E-state index contributed by atoms with van der Waals surface area (Å²) in [5.74, 6) is -0.858. The van der Waals surface area contributed by atoms with E-state index in [4.69, 9.17) is 39.5 Å². The van der Waals surface area contributed by atoms with Crippen LogP contribution in [0.3, 0.4) is 0 Å². The van der Waals surface area contributed by atoms with Gasteiger partial charge in [-0.1, -0.05) is 74.1 Å². The number of carbonyl (C=O) groups excluding carboxylic acids is 1. The highest BCUT2D eigenvalue weighted by molar-refractivity contribution is 6.46. The van der Waals surface area contributed by atoms with Gasteiger partial charge in [0.05, 0.1) is 33.2 Å². The summed E-state index contributed by atoms with van der Waals surface area (Å²) in [6.07, 6.45) is 1.90. The van der Waals surface area contributed by atoms with Crippen LogP contribution in [-0.2, 0) is 16.8 Å². The number of carbonyl (C=O) groups is 2. The minimum Gasteiger partial charge on any atom is -0.497 e. The second kappa shape index (κ2) is 9.74. The van der Waals surface area contributed by atoms with Crippen molar-refractivity contribution in [3.05, 3.63) is 61.6 Å². The van der Waals surface area contributed by atoms with E-state index >= 15 is 0 Å². The Morgan fingerprint density at radius 2 is 1.75 bits per heavy atom. The average molecular weight is 553 g/mol. The Bertz CT molecular complexity index is 1210. The molecule has 4 rings (SSSR count). The Labute approximate surface area is 227 Å². The molecule has 2 aromatic rings. The molecular weight excluding hydrogens is 521 g/mol. The van der Waals surface area contributed by atoms with Gasteiger partial charge in [0.2, 0.25) is 0 Å². The molecule has 1 aliphatic heterocycles. The minimum atomic E-state index is -1.05. The first-order valence-electron chi connectivity index (χ1n) is 12.2. The molecule has 0 spiro atoms. The molecule has 3 atom stereocenters. The molecule has 1 amide bonds.